The molecule has 20 heavy (non-hydrogen) atoms. The molecule has 2 bridgehead atoms. The Hall–Kier alpha value is -0.490. The molecule has 0 aromatic heterocycles. The van der Waals surface area contributed by atoms with Gasteiger partial charge in [0.1, 0.15) is 0 Å². The lowest BCUT2D eigenvalue weighted by molar-refractivity contribution is 0.312. The largest absolute Gasteiger partial charge is 0.118 e. The quantitative estimate of drug-likeness (QED) is 0.591. The Kier molecular flexibility index (Phi) is 3.88. The van der Waals surface area contributed by atoms with E-state index in [1.54, 1.807) is 0 Å². The Morgan fingerprint density at radius 1 is 1.10 bits per heavy atom. The molecule has 0 saturated heterocycles. The average Bonchev–Trinajstić information content (AvgIpc) is 3.00. The predicted octanol–water partition coefficient (Wildman–Crippen LogP) is 6.09. The third kappa shape index (κ3) is 2.91. The summed E-state index contributed by atoms with van der Waals surface area (Å²) in [6, 6.07) is 8.99. The number of hydrogen-bond acceptors (Lipinski definition) is 0. The molecular formula is C19H27Cl. The van der Waals surface area contributed by atoms with Gasteiger partial charge >= 0.3 is 0 Å². The zero-order valence-corrected chi connectivity index (χ0v) is 13.8. The van der Waals surface area contributed by atoms with Crippen molar-refractivity contribution < 1.29 is 0 Å². The second-order valence-electron chi connectivity index (χ2n) is 8.01. The summed E-state index contributed by atoms with van der Waals surface area (Å²) < 4.78 is 0. The highest BCUT2D eigenvalue weighted by atomic mass is 35.5. The van der Waals surface area contributed by atoms with E-state index in [0.717, 1.165) is 17.8 Å². The molecule has 2 saturated carbocycles. The number of fused-ring (bicyclic) bond motifs is 2. The molecule has 4 unspecified atom stereocenters. The third-order valence-corrected chi connectivity index (χ3v) is 5.96. The third-order valence-electron chi connectivity index (χ3n) is 5.53. The van der Waals surface area contributed by atoms with Crippen molar-refractivity contribution in [2.75, 3.05) is 0 Å². The molecule has 0 radical (unpaired) electrons. The van der Waals surface area contributed by atoms with Crippen molar-refractivity contribution in [3.05, 3.63) is 35.4 Å². The lowest BCUT2D eigenvalue weighted by atomic mass is 9.83. The van der Waals surface area contributed by atoms with E-state index >= 15 is 0 Å². The number of alkyl halides is 1. The topological polar surface area (TPSA) is 0 Å². The molecule has 1 aromatic carbocycles. The summed E-state index contributed by atoms with van der Waals surface area (Å²) in [6.07, 6.45) is 7.04. The molecule has 1 heteroatoms. The highest BCUT2D eigenvalue weighted by molar-refractivity contribution is 6.20. The lowest BCUT2D eigenvalue weighted by Crippen LogP contribution is -2.13. The molecule has 0 aliphatic heterocycles. The monoisotopic (exact) mass is 290 g/mol. The zero-order chi connectivity index (χ0) is 14.3. The van der Waals surface area contributed by atoms with Crippen LogP contribution in [-0.2, 0) is 5.41 Å². The maximum atomic E-state index is 6.69. The van der Waals surface area contributed by atoms with Crippen LogP contribution in [0.25, 0.3) is 0 Å². The van der Waals surface area contributed by atoms with Crippen LogP contribution in [0.3, 0.4) is 0 Å². The molecule has 4 atom stereocenters. The van der Waals surface area contributed by atoms with Crippen LogP contribution in [0.2, 0.25) is 0 Å². The fourth-order valence-corrected chi connectivity index (χ4v) is 4.63. The summed E-state index contributed by atoms with van der Waals surface area (Å²) in [5.41, 5.74) is 2.93. The minimum atomic E-state index is 0.202. The van der Waals surface area contributed by atoms with Gasteiger partial charge in [0, 0.05) is 0 Å². The summed E-state index contributed by atoms with van der Waals surface area (Å²) in [7, 11) is 0. The van der Waals surface area contributed by atoms with Gasteiger partial charge in [-0.05, 0) is 60.0 Å². The van der Waals surface area contributed by atoms with Crippen LogP contribution in [0, 0.1) is 17.8 Å². The Balaban J connectivity index is 1.64. The van der Waals surface area contributed by atoms with Crippen molar-refractivity contribution in [2.45, 2.75) is 63.7 Å². The van der Waals surface area contributed by atoms with Gasteiger partial charge in [0.2, 0.25) is 0 Å². The van der Waals surface area contributed by atoms with E-state index < -0.39 is 0 Å². The van der Waals surface area contributed by atoms with Gasteiger partial charge in [-0.3, -0.25) is 0 Å². The fraction of sp³-hybridized carbons (Fsp3) is 0.684. The first kappa shape index (κ1) is 14.4. The summed E-state index contributed by atoms with van der Waals surface area (Å²) in [4.78, 5) is 0. The van der Waals surface area contributed by atoms with E-state index in [4.69, 9.17) is 11.6 Å². The predicted molar refractivity (Wildman–Crippen MR) is 87.3 cm³/mol. The number of halogens is 1. The second-order valence-corrected chi connectivity index (χ2v) is 8.54. The van der Waals surface area contributed by atoms with Crippen molar-refractivity contribution in [1.29, 1.82) is 0 Å². The van der Waals surface area contributed by atoms with Crippen LogP contribution in [0.4, 0.5) is 0 Å². The summed E-state index contributed by atoms with van der Waals surface area (Å²) in [6.45, 7) is 6.78. The maximum absolute atomic E-state index is 6.69. The normalized spacial score (nSPS) is 30.7. The van der Waals surface area contributed by atoms with Gasteiger partial charge < -0.3 is 0 Å². The summed E-state index contributed by atoms with van der Waals surface area (Å²) >= 11 is 6.69. The Morgan fingerprint density at radius 2 is 1.80 bits per heavy atom. The molecule has 1 aromatic rings. The van der Waals surface area contributed by atoms with Crippen LogP contribution >= 0.6 is 11.6 Å². The Labute approximate surface area is 128 Å². The second kappa shape index (κ2) is 5.37. The van der Waals surface area contributed by atoms with Crippen LogP contribution in [0.15, 0.2) is 24.3 Å². The number of benzene rings is 1. The minimum absolute atomic E-state index is 0.202. The Bertz CT molecular complexity index is 454. The van der Waals surface area contributed by atoms with Crippen LogP contribution < -0.4 is 0 Å². The van der Waals surface area contributed by atoms with Crippen molar-refractivity contribution in [3.8, 4) is 0 Å². The van der Waals surface area contributed by atoms with Gasteiger partial charge in [-0.1, -0.05) is 51.5 Å². The molecule has 0 heterocycles. The van der Waals surface area contributed by atoms with Gasteiger partial charge in [-0.25, -0.2) is 0 Å². The molecule has 2 aliphatic carbocycles. The van der Waals surface area contributed by atoms with Gasteiger partial charge in [0.05, 0.1) is 5.38 Å². The summed E-state index contributed by atoms with van der Waals surface area (Å²) in [5, 5.41) is 0.202. The van der Waals surface area contributed by atoms with Crippen molar-refractivity contribution in [3.63, 3.8) is 0 Å². The smallest absolute Gasteiger partial charge is 0.0588 e. The highest BCUT2D eigenvalue weighted by Gasteiger charge is 2.40. The van der Waals surface area contributed by atoms with Crippen molar-refractivity contribution >= 4 is 11.6 Å². The molecule has 0 nitrogen and oxygen atoms in total. The first-order valence-corrected chi connectivity index (χ1v) is 8.61. The molecular weight excluding hydrogens is 264 g/mol. The average molecular weight is 291 g/mol. The molecule has 2 aliphatic rings. The number of rotatable bonds is 3. The standard InChI is InChI=1S/C19H27Cl/c1-19(2,3)17-8-6-14(7-9-17)18(20)12-16-11-13-4-5-15(16)10-13/h6-9,13,15-16,18H,4-5,10-12H2,1-3H3. The fourth-order valence-electron chi connectivity index (χ4n) is 4.26. The minimum Gasteiger partial charge on any atom is -0.118 e. The van der Waals surface area contributed by atoms with E-state index in [9.17, 15) is 0 Å². The van der Waals surface area contributed by atoms with Gasteiger partial charge in [-0.15, -0.1) is 11.6 Å². The van der Waals surface area contributed by atoms with Crippen LogP contribution in [-0.4, -0.2) is 0 Å². The zero-order valence-electron chi connectivity index (χ0n) is 13.0. The first-order valence-electron chi connectivity index (χ1n) is 8.18. The molecule has 110 valence electrons. The maximum Gasteiger partial charge on any atom is 0.0588 e. The van der Waals surface area contributed by atoms with Crippen LogP contribution in [0.5, 0.6) is 0 Å². The summed E-state index contributed by atoms with van der Waals surface area (Å²) in [5.74, 6) is 2.89. The van der Waals surface area contributed by atoms with Gasteiger partial charge in [0.25, 0.3) is 0 Å². The van der Waals surface area contributed by atoms with E-state index in [1.807, 2.05) is 0 Å². The van der Waals surface area contributed by atoms with Crippen LogP contribution in [0.1, 0.15) is 69.4 Å². The molecule has 2 fully saturated rings. The van der Waals surface area contributed by atoms with E-state index in [-0.39, 0.29) is 10.8 Å². The van der Waals surface area contributed by atoms with Crippen molar-refractivity contribution in [1.82, 2.24) is 0 Å². The molecule has 3 rings (SSSR count). The Morgan fingerprint density at radius 3 is 2.30 bits per heavy atom. The SMILES string of the molecule is CC(C)(C)c1ccc(C(Cl)CC2CC3CCC2C3)cc1. The molecule has 0 amide bonds. The number of hydrogen-bond donors (Lipinski definition) is 0. The van der Waals surface area contributed by atoms with E-state index in [1.165, 1.54) is 43.2 Å². The van der Waals surface area contributed by atoms with Crippen molar-refractivity contribution in [2.24, 2.45) is 17.8 Å². The van der Waals surface area contributed by atoms with E-state index in [2.05, 4.69) is 45.0 Å². The molecule has 0 spiro atoms. The lowest BCUT2D eigenvalue weighted by Gasteiger charge is -2.24. The molecule has 0 N–H and O–H groups in total. The highest BCUT2D eigenvalue weighted by Crippen LogP contribution is 2.51. The van der Waals surface area contributed by atoms with Gasteiger partial charge in [0.15, 0.2) is 0 Å². The van der Waals surface area contributed by atoms with E-state index in [0.29, 0.717) is 0 Å². The first-order chi connectivity index (χ1) is 9.43. The van der Waals surface area contributed by atoms with Gasteiger partial charge in [-0.2, -0.15) is 0 Å².